The van der Waals surface area contributed by atoms with Crippen molar-refractivity contribution >= 4 is 59.8 Å². The highest BCUT2D eigenvalue weighted by atomic mass is 35.5. The number of halogens is 4. The van der Waals surface area contributed by atoms with Gasteiger partial charge in [0.1, 0.15) is 10.0 Å². The maximum Gasteiger partial charge on any atom is 0.433 e. The molecule has 0 aliphatic rings. The number of nitrogens with one attached hydrogen (secondary N) is 1. The Morgan fingerprint density at radius 1 is 0.952 bits per heavy atom. The van der Waals surface area contributed by atoms with Gasteiger partial charge in [0.05, 0.1) is 17.9 Å². The van der Waals surface area contributed by atoms with Crippen molar-refractivity contribution < 1.29 is 13.6 Å². The van der Waals surface area contributed by atoms with Crippen molar-refractivity contribution in [1.29, 1.82) is 0 Å². The summed E-state index contributed by atoms with van der Waals surface area (Å²) in [6.07, 6.45) is -0.708. The van der Waals surface area contributed by atoms with Gasteiger partial charge in [0, 0.05) is 0 Å². The van der Waals surface area contributed by atoms with Crippen LogP contribution in [-0.4, -0.2) is 17.2 Å². The molecule has 0 saturated heterocycles. The molecule has 0 atom stereocenters. The number of nitrogens with zero attached hydrogens (tertiary/aromatic N) is 1. The minimum absolute atomic E-state index is 0.0222. The molecule has 0 aliphatic carbocycles. The molecule has 0 radical (unpaired) electrons. The molecule has 21 heavy (non-hydrogen) atoms. The highest BCUT2D eigenvalue weighted by molar-refractivity contribution is 7.55. The number of hydrogen-bond acceptors (Lipinski definition) is 4. The van der Waals surface area contributed by atoms with Gasteiger partial charge >= 0.3 is 7.75 Å². The normalized spacial score (nSPS) is 12.3. The van der Waals surface area contributed by atoms with E-state index in [0.717, 1.165) is 0 Å². The number of hydrogen-bond donors (Lipinski definition) is 1. The highest BCUT2D eigenvalue weighted by Crippen LogP contribution is 2.53. The second kappa shape index (κ2) is 7.69. The predicted octanol–water partition coefficient (Wildman–Crippen LogP) is 6.07. The van der Waals surface area contributed by atoms with Gasteiger partial charge in [0.25, 0.3) is 0 Å². The maximum absolute atomic E-state index is 12.8. The van der Waals surface area contributed by atoms with Crippen LogP contribution < -0.4 is 5.09 Å². The Bertz CT molecular complexity index is 529. The zero-order valence-electron chi connectivity index (χ0n) is 11.8. The minimum atomic E-state index is -3.71. The summed E-state index contributed by atoms with van der Waals surface area (Å²) >= 11 is 23.7. The van der Waals surface area contributed by atoms with E-state index in [9.17, 15) is 4.57 Å². The lowest BCUT2D eigenvalue weighted by Gasteiger charge is -2.24. The molecule has 0 aliphatic heterocycles. The van der Waals surface area contributed by atoms with Crippen molar-refractivity contribution in [2.75, 3.05) is 5.09 Å². The Labute approximate surface area is 143 Å². The predicted molar refractivity (Wildman–Crippen MR) is 87.9 cm³/mol. The standard InChI is InChI=1S/C11H15Cl4N2O3P/c1-5(2)19-21(18,20-6(3)4)17-9-7(12)10(14)16-11(15)8(9)13/h5-6H,1-4H3,(H,16,17,18). The van der Waals surface area contributed by atoms with Crippen LogP contribution in [0.25, 0.3) is 0 Å². The molecule has 1 aromatic rings. The van der Waals surface area contributed by atoms with Crippen molar-refractivity contribution in [1.82, 2.24) is 4.98 Å². The van der Waals surface area contributed by atoms with Crippen LogP contribution in [0, 0.1) is 0 Å². The van der Waals surface area contributed by atoms with Crippen LogP contribution in [0.1, 0.15) is 27.7 Å². The van der Waals surface area contributed by atoms with Gasteiger partial charge in [-0.15, -0.1) is 0 Å². The summed E-state index contributed by atoms with van der Waals surface area (Å²) in [6, 6.07) is 0. The van der Waals surface area contributed by atoms with E-state index in [-0.39, 0.29) is 38.2 Å². The van der Waals surface area contributed by atoms with Gasteiger partial charge < -0.3 is 0 Å². The first-order valence-corrected chi connectivity index (χ1v) is 9.06. The third-order valence-corrected chi connectivity index (χ3v) is 5.32. The van der Waals surface area contributed by atoms with Gasteiger partial charge in [-0.25, -0.2) is 9.55 Å². The smallest absolute Gasteiger partial charge is 0.290 e. The zero-order chi connectivity index (χ0) is 16.4. The summed E-state index contributed by atoms with van der Waals surface area (Å²) in [5, 5.41) is 2.38. The average molecular weight is 396 g/mol. The van der Waals surface area contributed by atoms with Gasteiger partial charge in [-0.05, 0) is 27.7 Å². The van der Waals surface area contributed by atoms with E-state index >= 15 is 0 Å². The van der Waals surface area contributed by atoms with Gasteiger partial charge in [-0.3, -0.25) is 14.1 Å². The van der Waals surface area contributed by atoms with Crippen molar-refractivity contribution in [2.24, 2.45) is 0 Å². The Balaban J connectivity index is 3.24. The summed E-state index contributed by atoms with van der Waals surface area (Å²) < 4.78 is 23.4. The molecule has 120 valence electrons. The quantitative estimate of drug-likeness (QED) is 0.468. The molecule has 0 spiro atoms. The van der Waals surface area contributed by atoms with Gasteiger partial charge in [-0.2, -0.15) is 0 Å². The van der Waals surface area contributed by atoms with Crippen molar-refractivity contribution in [3.8, 4) is 0 Å². The molecule has 0 aromatic carbocycles. The second-order valence-corrected chi connectivity index (χ2v) is 7.73. The van der Waals surface area contributed by atoms with E-state index in [1.54, 1.807) is 27.7 Å². The number of rotatable bonds is 6. The van der Waals surface area contributed by atoms with E-state index in [4.69, 9.17) is 55.5 Å². The first-order chi connectivity index (χ1) is 9.55. The fourth-order valence-corrected chi connectivity index (χ4v) is 4.07. The van der Waals surface area contributed by atoms with Crippen LogP contribution in [0.4, 0.5) is 5.69 Å². The number of pyridine rings is 1. The molecular formula is C11H15Cl4N2O3P. The van der Waals surface area contributed by atoms with E-state index in [0.29, 0.717) is 0 Å². The molecule has 0 bridgehead atoms. The summed E-state index contributed by atoms with van der Waals surface area (Å²) in [6.45, 7) is 6.86. The van der Waals surface area contributed by atoms with Gasteiger partial charge in [-0.1, -0.05) is 46.4 Å². The van der Waals surface area contributed by atoms with Crippen molar-refractivity contribution in [3.05, 3.63) is 20.4 Å². The summed E-state index contributed by atoms with van der Waals surface area (Å²) in [5.41, 5.74) is 0.0490. The molecule has 5 nitrogen and oxygen atoms in total. The van der Waals surface area contributed by atoms with Crippen LogP contribution in [0.15, 0.2) is 0 Å². The fraction of sp³-hybridized carbons (Fsp3) is 0.545. The summed E-state index contributed by atoms with van der Waals surface area (Å²) in [7, 11) is -3.71. The molecule has 1 rings (SSSR count). The largest absolute Gasteiger partial charge is 0.433 e. The number of aromatic nitrogens is 1. The van der Waals surface area contributed by atoms with Crippen LogP contribution in [0.2, 0.25) is 20.4 Å². The van der Waals surface area contributed by atoms with Crippen molar-refractivity contribution in [3.63, 3.8) is 0 Å². The SMILES string of the molecule is CC(C)OP(=O)(Nc1c(Cl)c(Cl)nc(Cl)c1Cl)OC(C)C. The fourth-order valence-electron chi connectivity index (χ4n) is 1.35. The molecule has 1 heterocycles. The topological polar surface area (TPSA) is 60.5 Å². The monoisotopic (exact) mass is 394 g/mol. The summed E-state index contributed by atoms with van der Waals surface area (Å²) in [5.74, 6) is 0. The van der Waals surface area contributed by atoms with Crippen LogP contribution >= 0.6 is 54.2 Å². The first-order valence-electron chi connectivity index (χ1n) is 6.01. The molecule has 0 saturated carbocycles. The summed E-state index contributed by atoms with van der Waals surface area (Å²) in [4.78, 5) is 3.74. The van der Waals surface area contributed by atoms with Crippen molar-refractivity contribution in [2.45, 2.75) is 39.9 Å². The molecule has 1 aromatic heterocycles. The Morgan fingerprint density at radius 2 is 1.33 bits per heavy atom. The third kappa shape index (κ3) is 5.43. The second-order valence-electron chi connectivity index (χ2n) is 4.61. The van der Waals surface area contributed by atoms with E-state index in [2.05, 4.69) is 10.1 Å². The molecule has 0 fully saturated rings. The first kappa shape index (κ1) is 19.3. The Morgan fingerprint density at radius 3 is 1.67 bits per heavy atom. The lowest BCUT2D eigenvalue weighted by molar-refractivity contribution is 0.146. The number of anilines is 1. The lowest BCUT2D eigenvalue weighted by Crippen LogP contribution is -2.14. The van der Waals surface area contributed by atoms with E-state index in [1.165, 1.54) is 0 Å². The highest BCUT2D eigenvalue weighted by Gasteiger charge is 2.31. The maximum atomic E-state index is 12.8. The third-order valence-electron chi connectivity index (χ3n) is 1.95. The molecule has 10 heteroatoms. The Kier molecular flexibility index (Phi) is 7.07. The molecule has 1 N–H and O–H groups in total. The van der Waals surface area contributed by atoms with Gasteiger partial charge in [0.15, 0.2) is 10.3 Å². The average Bonchev–Trinajstić information content (AvgIpc) is 2.30. The molecular weight excluding hydrogens is 381 g/mol. The van der Waals surface area contributed by atoms with E-state index in [1.807, 2.05) is 0 Å². The lowest BCUT2D eigenvalue weighted by atomic mass is 10.4. The Hall–Kier alpha value is 0.260. The van der Waals surface area contributed by atoms with Gasteiger partial charge in [0.2, 0.25) is 0 Å². The van der Waals surface area contributed by atoms with E-state index < -0.39 is 7.75 Å². The zero-order valence-corrected chi connectivity index (χ0v) is 15.7. The van der Waals surface area contributed by atoms with Crippen LogP contribution in [0.3, 0.4) is 0 Å². The molecule has 0 amide bonds. The molecule has 0 unspecified atom stereocenters. The van der Waals surface area contributed by atoms with Crippen LogP contribution in [-0.2, 0) is 13.6 Å². The minimum Gasteiger partial charge on any atom is -0.290 e. The van der Waals surface area contributed by atoms with Crippen LogP contribution in [0.5, 0.6) is 0 Å².